The van der Waals surface area contributed by atoms with Crippen LogP contribution in [0.2, 0.25) is 0 Å². The summed E-state index contributed by atoms with van der Waals surface area (Å²) in [6.45, 7) is 3.26. The summed E-state index contributed by atoms with van der Waals surface area (Å²) in [6, 6.07) is 9.62. The molecule has 1 aromatic heterocycles. The average Bonchev–Trinajstić information content (AvgIpc) is 2.88. The van der Waals surface area contributed by atoms with E-state index in [1.54, 1.807) is 11.0 Å². The van der Waals surface area contributed by atoms with Crippen molar-refractivity contribution in [1.29, 1.82) is 0 Å². The Morgan fingerprint density at radius 1 is 1.35 bits per heavy atom. The zero-order chi connectivity index (χ0) is 14.4. The lowest BCUT2D eigenvalue weighted by Gasteiger charge is -2.17. The summed E-state index contributed by atoms with van der Waals surface area (Å²) in [5.41, 5.74) is 1.66. The van der Waals surface area contributed by atoms with E-state index in [9.17, 15) is 4.79 Å². The maximum atomic E-state index is 10.8. The maximum absolute atomic E-state index is 10.8. The van der Waals surface area contributed by atoms with Crippen molar-refractivity contribution in [2.24, 2.45) is 0 Å². The van der Waals surface area contributed by atoms with Crippen molar-refractivity contribution in [3.8, 4) is 5.69 Å². The number of para-hydroxylation sites is 1. The summed E-state index contributed by atoms with van der Waals surface area (Å²) in [4.78, 5) is 14.2. The molecule has 0 saturated carbocycles. The fourth-order valence-corrected chi connectivity index (χ4v) is 2.00. The molecule has 1 N–H and O–H groups in total. The van der Waals surface area contributed by atoms with Gasteiger partial charge in [-0.2, -0.15) is 15.0 Å². The number of benzene rings is 1. The van der Waals surface area contributed by atoms with Crippen molar-refractivity contribution in [1.82, 2.24) is 19.9 Å². The Kier molecular flexibility index (Phi) is 4.84. The van der Waals surface area contributed by atoms with Gasteiger partial charge in [-0.15, -0.1) is 0 Å². The van der Waals surface area contributed by atoms with Gasteiger partial charge in [0.1, 0.15) is 0 Å². The molecule has 0 aliphatic rings. The fourth-order valence-electron chi connectivity index (χ4n) is 2.00. The normalized spacial score (nSPS) is 10.9. The summed E-state index contributed by atoms with van der Waals surface area (Å²) in [5.74, 6) is -0.825. The Balaban J connectivity index is 2.06. The first-order chi connectivity index (χ1) is 9.69. The van der Waals surface area contributed by atoms with Crippen molar-refractivity contribution in [2.45, 2.75) is 19.9 Å². The third kappa shape index (κ3) is 3.89. The van der Waals surface area contributed by atoms with E-state index in [1.165, 1.54) is 0 Å². The Hall–Kier alpha value is -2.21. The van der Waals surface area contributed by atoms with Crippen molar-refractivity contribution in [2.75, 3.05) is 13.1 Å². The Labute approximate surface area is 117 Å². The Morgan fingerprint density at radius 2 is 2.10 bits per heavy atom. The van der Waals surface area contributed by atoms with E-state index in [-0.39, 0.29) is 6.54 Å². The standard InChI is InChI=1S/C14H18N4O2/c1-2-8-17(11-14(19)20)10-12-9-15-18(16-12)13-6-4-3-5-7-13/h3-7,9H,2,8,10-11H2,1H3,(H,19,20). The van der Waals surface area contributed by atoms with Crippen LogP contribution >= 0.6 is 0 Å². The van der Waals surface area contributed by atoms with E-state index < -0.39 is 5.97 Å². The molecule has 1 aromatic carbocycles. The highest BCUT2D eigenvalue weighted by atomic mass is 16.4. The van der Waals surface area contributed by atoms with Crippen LogP contribution in [0.4, 0.5) is 0 Å². The minimum absolute atomic E-state index is 0.0199. The molecule has 0 fully saturated rings. The molecule has 0 amide bonds. The number of carboxylic acid groups (broad SMARTS) is 1. The topological polar surface area (TPSA) is 71.2 Å². The first kappa shape index (κ1) is 14.2. The van der Waals surface area contributed by atoms with Crippen LogP contribution in [0.15, 0.2) is 36.5 Å². The molecular weight excluding hydrogens is 256 g/mol. The first-order valence-electron chi connectivity index (χ1n) is 6.60. The van der Waals surface area contributed by atoms with Gasteiger partial charge in [-0.25, -0.2) is 0 Å². The highest BCUT2D eigenvalue weighted by molar-refractivity contribution is 5.69. The van der Waals surface area contributed by atoms with E-state index in [0.29, 0.717) is 6.54 Å². The van der Waals surface area contributed by atoms with Crippen LogP contribution < -0.4 is 0 Å². The van der Waals surface area contributed by atoms with Crippen LogP contribution in [0.25, 0.3) is 5.69 Å². The molecule has 0 atom stereocenters. The van der Waals surface area contributed by atoms with Gasteiger partial charge in [0.25, 0.3) is 0 Å². The highest BCUT2D eigenvalue weighted by Gasteiger charge is 2.12. The molecule has 6 nitrogen and oxygen atoms in total. The molecule has 0 unspecified atom stereocenters. The van der Waals surface area contributed by atoms with Crippen LogP contribution in [0.3, 0.4) is 0 Å². The molecule has 0 saturated heterocycles. The van der Waals surface area contributed by atoms with Gasteiger partial charge in [-0.1, -0.05) is 25.1 Å². The van der Waals surface area contributed by atoms with Gasteiger partial charge in [0.2, 0.25) is 0 Å². The van der Waals surface area contributed by atoms with Crippen molar-refractivity contribution >= 4 is 5.97 Å². The second-order valence-corrected chi connectivity index (χ2v) is 4.57. The van der Waals surface area contributed by atoms with E-state index in [2.05, 4.69) is 10.2 Å². The molecule has 20 heavy (non-hydrogen) atoms. The molecule has 1 heterocycles. The zero-order valence-corrected chi connectivity index (χ0v) is 11.4. The number of carbonyl (C=O) groups is 1. The lowest BCUT2D eigenvalue weighted by Crippen LogP contribution is -2.30. The lowest BCUT2D eigenvalue weighted by molar-refractivity contribution is -0.138. The second-order valence-electron chi connectivity index (χ2n) is 4.57. The predicted molar refractivity (Wildman–Crippen MR) is 74.6 cm³/mol. The largest absolute Gasteiger partial charge is 0.480 e. The second kappa shape index (κ2) is 6.81. The molecule has 0 spiro atoms. The van der Waals surface area contributed by atoms with Crippen LogP contribution in [-0.4, -0.2) is 44.1 Å². The van der Waals surface area contributed by atoms with Gasteiger partial charge in [-0.05, 0) is 25.1 Å². The third-order valence-corrected chi connectivity index (χ3v) is 2.81. The quantitative estimate of drug-likeness (QED) is 0.829. The van der Waals surface area contributed by atoms with Gasteiger partial charge in [0, 0.05) is 6.54 Å². The van der Waals surface area contributed by atoms with Crippen molar-refractivity contribution in [3.63, 3.8) is 0 Å². The highest BCUT2D eigenvalue weighted by Crippen LogP contribution is 2.06. The molecule has 106 valence electrons. The molecule has 0 radical (unpaired) electrons. The van der Waals surface area contributed by atoms with E-state index in [4.69, 9.17) is 5.11 Å². The first-order valence-corrected chi connectivity index (χ1v) is 6.60. The third-order valence-electron chi connectivity index (χ3n) is 2.81. The fraction of sp³-hybridized carbons (Fsp3) is 0.357. The van der Waals surface area contributed by atoms with Gasteiger partial charge in [0.05, 0.1) is 24.1 Å². The van der Waals surface area contributed by atoms with E-state index >= 15 is 0 Å². The predicted octanol–water partition coefficient (Wildman–Crippen LogP) is 1.56. The molecular formula is C14H18N4O2. The van der Waals surface area contributed by atoms with Gasteiger partial charge >= 0.3 is 5.97 Å². The van der Waals surface area contributed by atoms with Crippen LogP contribution in [-0.2, 0) is 11.3 Å². The van der Waals surface area contributed by atoms with Gasteiger partial charge in [-0.3, -0.25) is 9.69 Å². The minimum Gasteiger partial charge on any atom is -0.480 e. The smallest absolute Gasteiger partial charge is 0.317 e. The number of hydrogen-bond acceptors (Lipinski definition) is 4. The molecule has 0 bridgehead atoms. The number of rotatable bonds is 7. The molecule has 2 rings (SSSR count). The lowest BCUT2D eigenvalue weighted by atomic mass is 10.3. The molecule has 0 aliphatic heterocycles. The summed E-state index contributed by atoms with van der Waals surface area (Å²) in [7, 11) is 0. The summed E-state index contributed by atoms with van der Waals surface area (Å²) >= 11 is 0. The summed E-state index contributed by atoms with van der Waals surface area (Å²) in [6.07, 6.45) is 2.58. The van der Waals surface area contributed by atoms with Gasteiger partial charge in [0.15, 0.2) is 0 Å². The van der Waals surface area contributed by atoms with Crippen molar-refractivity contribution < 1.29 is 9.90 Å². The molecule has 2 aromatic rings. The Bertz CT molecular complexity index is 553. The zero-order valence-electron chi connectivity index (χ0n) is 11.4. The monoisotopic (exact) mass is 274 g/mol. The Morgan fingerprint density at radius 3 is 2.75 bits per heavy atom. The van der Waals surface area contributed by atoms with Gasteiger partial charge < -0.3 is 5.11 Å². The van der Waals surface area contributed by atoms with E-state index in [1.807, 2.05) is 42.2 Å². The number of hydrogen-bond donors (Lipinski definition) is 1. The van der Waals surface area contributed by atoms with Crippen LogP contribution in [0.5, 0.6) is 0 Å². The average molecular weight is 274 g/mol. The number of carboxylic acids is 1. The maximum Gasteiger partial charge on any atom is 0.317 e. The van der Waals surface area contributed by atoms with Crippen LogP contribution in [0.1, 0.15) is 19.0 Å². The van der Waals surface area contributed by atoms with Crippen LogP contribution in [0, 0.1) is 0 Å². The van der Waals surface area contributed by atoms with Crippen molar-refractivity contribution in [3.05, 3.63) is 42.2 Å². The number of aromatic nitrogens is 3. The SMILES string of the molecule is CCCN(CC(=O)O)Cc1cnn(-c2ccccc2)n1. The van der Waals surface area contributed by atoms with E-state index in [0.717, 1.165) is 24.3 Å². The summed E-state index contributed by atoms with van der Waals surface area (Å²) in [5, 5.41) is 17.5. The number of aliphatic carboxylic acids is 1. The number of nitrogens with zero attached hydrogens (tertiary/aromatic N) is 4. The minimum atomic E-state index is -0.825. The molecule has 0 aliphatic carbocycles. The summed E-state index contributed by atoms with van der Waals surface area (Å²) < 4.78 is 0. The molecule has 6 heteroatoms.